The molecule has 0 amide bonds. The fourth-order valence-corrected chi connectivity index (χ4v) is 5.46. The van der Waals surface area contributed by atoms with E-state index in [0.717, 1.165) is 12.2 Å². The molecule has 1 heteroatoms. The maximum atomic E-state index is 5.83. The molecule has 0 heterocycles. The molecule has 0 spiro atoms. The van der Waals surface area contributed by atoms with Crippen molar-refractivity contribution >= 4 is 0 Å². The number of rotatable bonds is 11. The van der Waals surface area contributed by atoms with E-state index in [1.807, 2.05) is 0 Å². The minimum absolute atomic E-state index is 0.463. The van der Waals surface area contributed by atoms with Crippen LogP contribution in [0.3, 0.4) is 0 Å². The number of allylic oxidation sites excluding steroid dienone is 1. The standard InChI is InChI=1S/C26H40O/c1-3-5-7-8-9-15-25-16-19-26(20-17-25,21-18-25)23-11-13-24(14-12-23)27-22-10-6-4-2/h6,10-14H,3-5,7-9,15-22H2,1-2H3. The minimum atomic E-state index is 0.463. The summed E-state index contributed by atoms with van der Waals surface area (Å²) in [5, 5.41) is 0. The second kappa shape index (κ2) is 9.80. The highest BCUT2D eigenvalue weighted by molar-refractivity contribution is 5.34. The number of benzene rings is 1. The fourth-order valence-electron chi connectivity index (χ4n) is 5.46. The van der Waals surface area contributed by atoms with Gasteiger partial charge in [-0.25, -0.2) is 0 Å². The molecule has 0 radical (unpaired) electrons. The van der Waals surface area contributed by atoms with Crippen molar-refractivity contribution in [1.29, 1.82) is 0 Å². The molecule has 3 aliphatic rings. The molecule has 2 bridgehead atoms. The van der Waals surface area contributed by atoms with Gasteiger partial charge in [-0.15, -0.1) is 0 Å². The Morgan fingerprint density at radius 3 is 2.11 bits per heavy atom. The lowest BCUT2D eigenvalue weighted by molar-refractivity contribution is 0.0304. The van der Waals surface area contributed by atoms with Crippen molar-refractivity contribution in [2.75, 3.05) is 6.61 Å². The molecule has 0 N–H and O–H groups in total. The number of hydrogen-bond acceptors (Lipinski definition) is 1. The first-order valence-corrected chi connectivity index (χ1v) is 11.6. The van der Waals surface area contributed by atoms with Crippen LogP contribution < -0.4 is 4.74 Å². The smallest absolute Gasteiger partial charge is 0.119 e. The molecule has 0 atom stereocenters. The van der Waals surface area contributed by atoms with Gasteiger partial charge in [-0.3, -0.25) is 0 Å². The molecule has 1 aromatic rings. The number of fused-ring (bicyclic) bond motifs is 3. The average molecular weight is 369 g/mol. The lowest BCUT2D eigenvalue weighted by atomic mass is 9.51. The van der Waals surface area contributed by atoms with E-state index in [2.05, 4.69) is 50.3 Å². The summed E-state index contributed by atoms with van der Waals surface area (Å²) in [5.74, 6) is 1.00. The lowest BCUT2D eigenvalue weighted by Gasteiger charge is -2.54. The van der Waals surface area contributed by atoms with Crippen LogP contribution in [0, 0.1) is 5.41 Å². The van der Waals surface area contributed by atoms with E-state index in [4.69, 9.17) is 4.74 Å². The topological polar surface area (TPSA) is 9.23 Å². The van der Waals surface area contributed by atoms with Crippen molar-refractivity contribution in [1.82, 2.24) is 0 Å². The molecule has 0 aliphatic heterocycles. The fraction of sp³-hybridized carbons (Fsp3) is 0.692. The van der Waals surface area contributed by atoms with Gasteiger partial charge >= 0.3 is 0 Å². The third-order valence-electron chi connectivity index (χ3n) is 7.43. The van der Waals surface area contributed by atoms with Crippen molar-refractivity contribution in [3.63, 3.8) is 0 Å². The van der Waals surface area contributed by atoms with E-state index >= 15 is 0 Å². The summed E-state index contributed by atoms with van der Waals surface area (Å²) < 4.78 is 5.83. The Labute approximate surface area is 167 Å². The Kier molecular flexibility index (Phi) is 7.44. The van der Waals surface area contributed by atoms with Gasteiger partial charge in [0.1, 0.15) is 12.4 Å². The second-order valence-electron chi connectivity index (χ2n) is 9.16. The molecule has 1 aromatic carbocycles. The molecular formula is C26H40O. The average Bonchev–Trinajstić information content (AvgIpc) is 2.73. The SMILES string of the molecule is CCC=CCOc1ccc(C23CCC(CCCCCCC)(CC2)CC3)cc1. The van der Waals surface area contributed by atoms with E-state index in [1.165, 1.54) is 77.0 Å². The molecule has 0 unspecified atom stereocenters. The first-order chi connectivity index (χ1) is 13.2. The van der Waals surface area contributed by atoms with Gasteiger partial charge in [0.15, 0.2) is 0 Å². The zero-order valence-electron chi connectivity index (χ0n) is 17.8. The predicted molar refractivity (Wildman–Crippen MR) is 117 cm³/mol. The van der Waals surface area contributed by atoms with Crippen LogP contribution in [-0.4, -0.2) is 6.61 Å². The molecule has 27 heavy (non-hydrogen) atoms. The summed E-state index contributed by atoms with van der Waals surface area (Å²) in [6.07, 6.45) is 22.6. The zero-order valence-corrected chi connectivity index (χ0v) is 17.8. The Hall–Kier alpha value is -1.24. The lowest BCUT2D eigenvalue weighted by Crippen LogP contribution is -2.44. The largest absolute Gasteiger partial charge is 0.490 e. The van der Waals surface area contributed by atoms with Gasteiger partial charge in [0.05, 0.1) is 0 Å². The van der Waals surface area contributed by atoms with Crippen molar-refractivity contribution in [2.24, 2.45) is 5.41 Å². The highest BCUT2D eigenvalue weighted by Crippen LogP contribution is 2.59. The summed E-state index contributed by atoms with van der Waals surface area (Å²) in [5.41, 5.74) is 2.72. The van der Waals surface area contributed by atoms with E-state index in [0.29, 0.717) is 17.4 Å². The molecular weight excluding hydrogens is 328 g/mol. The summed E-state index contributed by atoms with van der Waals surface area (Å²) in [4.78, 5) is 0. The van der Waals surface area contributed by atoms with E-state index in [1.54, 1.807) is 5.56 Å². The minimum Gasteiger partial charge on any atom is -0.490 e. The van der Waals surface area contributed by atoms with Gasteiger partial charge in [0, 0.05) is 0 Å². The van der Waals surface area contributed by atoms with Gasteiger partial charge in [-0.05, 0) is 79.9 Å². The van der Waals surface area contributed by atoms with Crippen LogP contribution >= 0.6 is 0 Å². The van der Waals surface area contributed by atoms with E-state index in [-0.39, 0.29) is 0 Å². The van der Waals surface area contributed by atoms with Gasteiger partial charge in [0.25, 0.3) is 0 Å². The summed E-state index contributed by atoms with van der Waals surface area (Å²) in [6, 6.07) is 9.08. The van der Waals surface area contributed by atoms with Crippen molar-refractivity contribution in [2.45, 2.75) is 103 Å². The molecule has 3 saturated carbocycles. The van der Waals surface area contributed by atoms with Crippen molar-refractivity contribution < 1.29 is 4.74 Å². The molecule has 1 nitrogen and oxygen atoms in total. The zero-order chi connectivity index (χ0) is 19.0. The van der Waals surface area contributed by atoms with E-state index < -0.39 is 0 Å². The molecule has 0 saturated heterocycles. The summed E-state index contributed by atoms with van der Waals surface area (Å²) in [7, 11) is 0. The third-order valence-corrected chi connectivity index (χ3v) is 7.43. The highest BCUT2D eigenvalue weighted by Gasteiger charge is 2.48. The quantitative estimate of drug-likeness (QED) is 0.284. The van der Waals surface area contributed by atoms with Gasteiger partial charge in [0.2, 0.25) is 0 Å². The molecule has 3 aliphatic carbocycles. The summed E-state index contributed by atoms with van der Waals surface area (Å²) >= 11 is 0. The van der Waals surface area contributed by atoms with Crippen LogP contribution in [0.4, 0.5) is 0 Å². The van der Waals surface area contributed by atoms with Gasteiger partial charge in [-0.1, -0.05) is 70.2 Å². The first kappa shape index (κ1) is 20.5. The maximum absolute atomic E-state index is 5.83. The van der Waals surface area contributed by atoms with Gasteiger partial charge in [-0.2, -0.15) is 0 Å². The number of hydrogen-bond donors (Lipinski definition) is 0. The van der Waals surface area contributed by atoms with Crippen molar-refractivity contribution in [3.05, 3.63) is 42.0 Å². The Morgan fingerprint density at radius 1 is 0.815 bits per heavy atom. The number of unbranched alkanes of at least 4 members (excludes halogenated alkanes) is 4. The molecule has 0 aromatic heterocycles. The normalized spacial score (nSPS) is 27.3. The molecule has 3 fully saturated rings. The van der Waals surface area contributed by atoms with Crippen LogP contribution in [0.2, 0.25) is 0 Å². The molecule has 4 rings (SSSR count). The van der Waals surface area contributed by atoms with Crippen LogP contribution in [0.1, 0.15) is 103 Å². The van der Waals surface area contributed by atoms with Crippen molar-refractivity contribution in [3.8, 4) is 5.75 Å². The summed E-state index contributed by atoms with van der Waals surface area (Å²) in [6.45, 7) is 5.14. The van der Waals surface area contributed by atoms with Crippen LogP contribution in [-0.2, 0) is 5.41 Å². The maximum Gasteiger partial charge on any atom is 0.119 e. The Morgan fingerprint density at radius 2 is 1.48 bits per heavy atom. The van der Waals surface area contributed by atoms with Gasteiger partial charge < -0.3 is 4.74 Å². The first-order valence-electron chi connectivity index (χ1n) is 11.6. The molecule has 150 valence electrons. The third kappa shape index (κ3) is 5.18. The monoisotopic (exact) mass is 368 g/mol. The van der Waals surface area contributed by atoms with Crippen LogP contribution in [0.5, 0.6) is 5.75 Å². The number of ether oxygens (including phenoxy) is 1. The van der Waals surface area contributed by atoms with Crippen LogP contribution in [0.25, 0.3) is 0 Å². The highest BCUT2D eigenvalue weighted by atomic mass is 16.5. The Balaban J connectivity index is 1.50. The van der Waals surface area contributed by atoms with Crippen LogP contribution in [0.15, 0.2) is 36.4 Å². The Bertz CT molecular complexity index is 558. The van der Waals surface area contributed by atoms with E-state index in [9.17, 15) is 0 Å². The second-order valence-corrected chi connectivity index (χ2v) is 9.16. The predicted octanol–water partition coefficient (Wildman–Crippen LogP) is 7.98.